The average molecular weight is 552 g/mol. The first-order valence-electron chi connectivity index (χ1n) is 12.6. The van der Waals surface area contributed by atoms with Crippen LogP contribution in [0.15, 0.2) is 60.9 Å². The molecule has 3 atom stereocenters. The number of hydrogen-bond donors (Lipinski definition) is 6. The Kier molecular flexibility index (Phi) is 10.7. The van der Waals surface area contributed by atoms with Crippen LogP contribution in [-0.2, 0) is 11.3 Å². The van der Waals surface area contributed by atoms with Crippen molar-refractivity contribution in [3.8, 4) is 0 Å². The predicted molar refractivity (Wildman–Crippen MR) is 146 cm³/mol. The van der Waals surface area contributed by atoms with E-state index >= 15 is 0 Å². The van der Waals surface area contributed by atoms with E-state index in [0.29, 0.717) is 5.56 Å². The Bertz CT molecular complexity index is 1300. The molecule has 3 amide bonds. The van der Waals surface area contributed by atoms with Crippen LogP contribution in [0.25, 0.3) is 0 Å². The molecule has 12 nitrogen and oxygen atoms in total. The molecule has 3 rings (SSSR count). The normalized spacial score (nSPS) is 13.3. The minimum absolute atomic E-state index is 0.0228. The van der Waals surface area contributed by atoms with Gasteiger partial charge in [0.15, 0.2) is 0 Å². The lowest BCUT2D eigenvalue weighted by Gasteiger charge is -2.30. The summed E-state index contributed by atoms with van der Waals surface area (Å²) >= 11 is 0. The molecule has 0 aliphatic rings. The number of primary amides is 1. The summed E-state index contributed by atoms with van der Waals surface area (Å²) in [6.45, 7) is 3.99. The van der Waals surface area contributed by atoms with E-state index in [0.717, 1.165) is 17.5 Å². The summed E-state index contributed by atoms with van der Waals surface area (Å²) in [6.07, 6.45) is 0.399. The van der Waals surface area contributed by atoms with Gasteiger partial charge in [-0.1, -0.05) is 36.4 Å². The van der Waals surface area contributed by atoms with Crippen molar-refractivity contribution in [3.05, 3.63) is 94.8 Å². The van der Waals surface area contributed by atoms with Crippen LogP contribution in [0, 0.1) is 5.82 Å². The van der Waals surface area contributed by atoms with Gasteiger partial charge in [-0.2, -0.15) is 0 Å². The highest BCUT2D eigenvalue weighted by Gasteiger charge is 2.20. The number of nitrogens with zero attached hydrogens (tertiary/aromatic N) is 3. The summed E-state index contributed by atoms with van der Waals surface area (Å²) in [4.78, 5) is 44.5. The highest BCUT2D eigenvalue weighted by Crippen LogP contribution is 2.20. The number of rotatable bonds is 13. The first kappa shape index (κ1) is 30.2. The average Bonchev–Trinajstić information content (AvgIpc) is 2.94. The summed E-state index contributed by atoms with van der Waals surface area (Å²) in [5.74, 6) is 4.35. The van der Waals surface area contributed by atoms with E-state index in [1.165, 1.54) is 23.2 Å². The number of benzene rings is 2. The molecule has 0 bridgehead atoms. The summed E-state index contributed by atoms with van der Waals surface area (Å²) < 4.78 is 13.1. The Hall–Kier alpha value is -4.30. The lowest BCUT2D eigenvalue weighted by atomic mass is 10.0. The van der Waals surface area contributed by atoms with Gasteiger partial charge in [0, 0.05) is 25.6 Å². The molecule has 1 heterocycles. The van der Waals surface area contributed by atoms with E-state index in [1.54, 1.807) is 19.1 Å². The van der Waals surface area contributed by atoms with E-state index in [1.807, 2.05) is 31.2 Å². The van der Waals surface area contributed by atoms with E-state index in [2.05, 4.69) is 25.9 Å². The second kappa shape index (κ2) is 14.2. The Morgan fingerprint density at radius 2 is 1.55 bits per heavy atom. The number of hydrogen-bond acceptors (Lipinski definition) is 9. The molecule has 3 aromatic rings. The maximum Gasteiger partial charge on any atom is 0.270 e. The van der Waals surface area contributed by atoms with E-state index in [4.69, 9.17) is 17.3 Å². The predicted octanol–water partition coefficient (Wildman–Crippen LogP) is 0.981. The Morgan fingerprint density at radius 1 is 0.950 bits per heavy atom. The van der Waals surface area contributed by atoms with Crippen molar-refractivity contribution in [1.82, 2.24) is 30.9 Å². The van der Waals surface area contributed by atoms with Crippen LogP contribution in [0.3, 0.4) is 0 Å². The van der Waals surface area contributed by atoms with Crippen molar-refractivity contribution in [2.24, 2.45) is 17.3 Å². The minimum Gasteiger partial charge on any atom is -0.370 e. The fraction of sp³-hybridized carbons (Fsp3) is 0.296. The highest BCUT2D eigenvalue weighted by atomic mass is 19.1. The van der Waals surface area contributed by atoms with Crippen LogP contribution in [0.1, 0.15) is 70.1 Å². The maximum atomic E-state index is 13.1. The number of halogens is 1. The van der Waals surface area contributed by atoms with Crippen molar-refractivity contribution in [2.45, 2.75) is 45.2 Å². The third-order valence-electron chi connectivity index (χ3n) is 5.97. The van der Waals surface area contributed by atoms with E-state index < -0.39 is 29.9 Å². The maximum absolute atomic E-state index is 13.1. The van der Waals surface area contributed by atoms with E-state index in [-0.39, 0.29) is 42.9 Å². The van der Waals surface area contributed by atoms with Crippen LogP contribution >= 0.6 is 0 Å². The van der Waals surface area contributed by atoms with Crippen LogP contribution in [0.4, 0.5) is 4.39 Å². The number of carbonyl (C=O) groups is 3. The number of carbonyl (C=O) groups excluding carboxylic acids is 3. The molecule has 0 spiro atoms. The number of hydrazine groups is 1. The fourth-order valence-corrected chi connectivity index (χ4v) is 3.80. The molecule has 0 aliphatic carbocycles. The quantitative estimate of drug-likeness (QED) is 0.102. The molecular weight excluding hydrogens is 517 g/mol. The van der Waals surface area contributed by atoms with Gasteiger partial charge >= 0.3 is 0 Å². The van der Waals surface area contributed by atoms with Gasteiger partial charge in [0.2, 0.25) is 5.91 Å². The standard InChI is InChI=1S/C27H34FN9O3/c1-16(19-5-7-20(8-6-19)25(36-17(2)29)37(31)12-11-24(30)38)35-27(40)23-13-22(33-15-34-23)26(39)32-14-18-3-9-21(28)10-4-18/h3-10,13,15-17,25,36H,11-12,14,29,31H2,1-2H3,(H2,30,38)(H,32,39)(H,35,40)/t16-,17-,25?/m0/s1. The van der Waals surface area contributed by atoms with Gasteiger partial charge in [-0.05, 0) is 42.7 Å². The number of aromatic nitrogens is 2. The van der Waals surface area contributed by atoms with Gasteiger partial charge in [0.1, 0.15) is 29.7 Å². The highest BCUT2D eigenvalue weighted by molar-refractivity contribution is 5.97. The van der Waals surface area contributed by atoms with Crippen molar-refractivity contribution >= 4 is 17.7 Å². The molecule has 0 saturated carbocycles. The lowest BCUT2D eigenvalue weighted by Crippen LogP contribution is -2.49. The molecule has 40 heavy (non-hydrogen) atoms. The first-order valence-corrected chi connectivity index (χ1v) is 12.6. The topological polar surface area (TPSA) is 194 Å². The van der Waals surface area contributed by atoms with Crippen LogP contribution in [0.5, 0.6) is 0 Å². The van der Waals surface area contributed by atoms with Crippen molar-refractivity contribution in [2.75, 3.05) is 6.54 Å². The molecule has 9 N–H and O–H groups in total. The molecule has 1 unspecified atom stereocenters. The third-order valence-corrected chi connectivity index (χ3v) is 5.97. The third kappa shape index (κ3) is 8.88. The Morgan fingerprint density at radius 3 is 2.15 bits per heavy atom. The Labute approximate surface area is 231 Å². The van der Waals surface area contributed by atoms with Gasteiger partial charge in [-0.3, -0.25) is 25.5 Å². The second-order valence-corrected chi connectivity index (χ2v) is 9.27. The van der Waals surface area contributed by atoms with Crippen LogP contribution < -0.4 is 33.3 Å². The van der Waals surface area contributed by atoms with Gasteiger partial charge < -0.3 is 22.1 Å². The fourth-order valence-electron chi connectivity index (χ4n) is 3.80. The van der Waals surface area contributed by atoms with Crippen LogP contribution in [0.2, 0.25) is 0 Å². The largest absolute Gasteiger partial charge is 0.370 e. The van der Waals surface area contributed by atoms with Crippen molar-refractivity contribution in [1.29, 1.82) is 0 Å². The molecule has 2 aromatic carbocycles. The first-order chi connectivity index (χ1) is 19.0. The van der Waals surface area contributed by atoms with Crippen molar-refractivity contribution in [3.63, 3.8) is 0 Å². The molecule has 0 fully saturated rings. The number of nitrogens with two attached hydrogens (primary N) is 3. The van der Waals surface area contributed by atoms with Crippen molar-refractivity contribution < 1.29 is 18.8 Å². The zero-order valence-electron chi connectivity index (χ0n) is 22.3. The summed E-state index contributed by atoms with van der Waals surface area (Å²) in [6, 6.07) is 14.0. The lowest BCUT2D eigenvalue weighted by molar-refractivity contribution is -0.118. The smallest absolute Gasteiger partial charge is 0.270 e. The summed E-state index contributed by atoms with van der Waals surface area (Å²) in [5.41, 5.74) is 13.5. The monoisotopic (exact) mass is 551 g/mol. The summed E-state index contributed by atoms with van der Waals surface area (Å²) in [7, 11) is 0. The zero-order valence-corrected chi connectivity index (χ0v) is 22.3. The number of amides is 3. The van der Waals surface area contributed by atoms with Gasteiger partial charge in [0.05, 0.1) is 12.2 Å². The molecule has 1 aromatic heterocycles. The minimum atomic E-state index is -0.496. The molecule has 0 aliphatic heterocycles. The molecule has 212 valence electrons. The molecule has 0 radical (unpaired) electrons. The van der Waals surface area contributed by atoms with Gasteiger partial charge in [-0.15, -0.1) is 0 Å². The second-order valence-electron chi connectivity index (χ2n) is 9.27. The summed E-state index contributed by atoms with van der Waals surface area (Å²) in [5, 5.41) is 10.1. The van der Waals surface area contributed by atoms with E-state index in [9.17, 15) is 18.8 Å². The molecule has 13 heteroatoms. The van der Waals surface area contributed by atoms with Crippen LogP contribution in [-0.4, -0.2) is 45.4 Å². The molecular formula is C27H34FN9O3. The number of nitrogens with one attached hydrogen (secondary N) is 3. The zero-order chi connectivity index (χ0) is 29.2. The van der Waals surface area contributed by atoms with Gasteiger partial charge in [-0.25, -0.2) is 19.4 Å². The Balaban J connectivity index is 1.63. The van der Waals surface area contributed by atoms with Gasteiger partial charge in [0.25, 0.3) is 11.8 Å². The molecule has 0 saturated heterocycles. The SMILES string of the molecule is C[C@H](NC(=O)c1cc(C(=O)NCc2ccc(F)cc2)ncn1)c1ccc(C(N[C@@H](C)N)N(N)CCC(N)=O)cc1.